The molecule has 0 amide bonds. The number of fused-ring (bicyclic) bond motifs is 1. The second kappa shape index (κ2) is 5.27. The molecule has 0 atom stereocenters. The molecule has 110 valence electrons. The topological polar surface area (TPSA) is 37.8 Å². The predicted octanol–water partition coefficient (Wildman–Crippen LogP) is 3.46. The van der Waals surface area contributed by atoms with E-state index in [0.717, 1.165) is 0 Å². The second-order valence-electron chi connectivity index (χ2n) is 4.76. The first-order valence-electron chi connectivity index (χ1n) is 6.39. The molecule has 0 saturated carbocycles. The number of nitrogens with zero attached hydrogens (tertiary/aromatic N) is 2. The number of alkyl halides is 3. The van der Waals surface area contributed by atoms with E-state index in [4.69, 9.17) is 11.6 Å². The van der Waals surface area contributed by atoms with Crippen molar-refractivity contribution in [3.63, 3.8) is 0 Å². The van der Waals surface area contributed by atoms with Gasteiger partial charge >= 0.3 is 6.18 Å². The largest absolute Gasteiger partial charge is 0.433 e. The SMILES string of the molecule is FC(F)(F)c1nc(-c2cccc(Cl)c2)nc2c1CNCC2. The molecular weight excluding hydrogens is 303 g/mol. The smallest absolute Gasteiger partial charge is 0.312 e. The highest BCUT2D eigenvalue weighted by Gasteiger charge is 2.38. The summed E-state index contributed by atoms with van der Waals surface area (Å²) in [6, 6.07) is 6.52. The summed E-state index contributed by atoms with van der Waals surface area (Å²) in [7, 11) is 0. The number of benzene rings is 1. The molecule has 1 N–H and O–H groups in total. The Balaban J connectivity index is 2.19. The molecule has 0 saturated heterocycles. The Morgan fingerprint density at radius 1 is 1.19 bits per heavy atom. The zero-order valence-electron chi connectivity index (χ0n) is 10.8. The maximum absolute atomic E-state index is 13.2. The summed E-state index contributed by atoms with van der Waals surface area (Å²) in [5.74, 6) is 0.0606. The fourth-order valence-electron chi connectivity index (χ4n) is 2.33. The van der Waals surface area contributed by atoms with Gasteiger partial charge in [-0.25, -0.2) is 9.97 Å². The highest BCUT2D eigenvalue weighted by atomic mass is 35.5. The van der Waals surface area contributed by atoms with Crippen LogP contribution in [-0.2, 0) is 19.1 Å². The van der Waals surface area contributed by atoms with Gasteiger partial charge in [-0.1, -0.05) is 23.7 Å². The van der Waals surface area contributed by atoms with Gasteiger partial charge in [0.05, 0.1) is 5.69 Å². The summed E-state index contributed by atoms with van der Waals surface area (Å²) in [6.45, 7) is 0.746. The van der Waals surface area contributed by atoms with Crippen molar-refractivity contribution in [3.8, 4) is 11.4 Å². The molecule has 0 fully saturated rings. The predicted molar refractivity (Wildman–Crippen MR) is 72.9 cm³/mol. The van der Waals surface area contributed by atoms with Crippen molar-refractivity contribution in [2.75, 3.05) is 6.54 Å². The van der Waals surface area contributed by atoms with Gasteiger partial charge in [-0.3, -0.25) is 0 Å². The fraction of sp³-hybridized carbons (Fsp3) is 0.286. The molecule has 1 aromatic heterocycles. The standard InChI is InChI=1S/C14H11ClF3N3/c15-9-3-1-2-8(6-9)13-20-11-4-5-19-7-10(11)12(21-13)14(16,17)18/h1-3,6,19H,4-5,7H2. The minimum absolute atomic E-state index is 0.0606. The van der Waals surface area contributed by atoms with Gasteiger partial charge in [-0.2, -0.15) is 13.2 Å². The Bertz CT molecular complexity index is 686. The van der Waals surface area contributed by atoms with Crippen molar-refractivity contribution in [1.82, 2.24) is 15.3 Å². The Labute approximate surface area is 124 Å². The lowest BCUT2D eigenvalue weighted by molar-refractivity contribution is -0.142. The molecule has 0 bridgehead atoms. The first-order valence-corrected chi connectivity index (χ1v) is 6.76. The molecule has 2 aromatic rings. The minimum atomic E-state index is -4.50. The van der Waals surface area contributed by atoms with Crippen molar-refractivity contribution < 1.29 is 13.2 Å². The van der Waals surface area contributed by atoms with Gasteiger partial charge in [0.15, 0.2) is 11.5 Å². The summed E-state index contributed by atoms with van der Waals surface area (Å²) in [4.78, 5) is 8.02. The molecule has 1 aromatic carbocycles. The van der Waals surface area contributed by atoms with Crippen LogP contribution in [-0.4, -0.2) is 16.5 Å². The van der Waals surface area contributed by atoms with Crippen molar-refractivity contribution in [1.29, 1.82) is 0 Å². The van der Waals surface area contributed by atoms with Crippen LogP contribution in [0.2, 0.25) is 5.02 Å². The third-order valence-corrected chi connectivity index (χ3v) is 3.52. The molecule has 3 rings (SSSR count). The highest BCUT2D eigenvalue weighted by molar-refractivity contribution is 6.30. The summed E-state index contributed by atoms with van der Waals surface area (Å²) < 4.78 is 39.6. The molecule has 2 heterocycles. The lowest BCUT2D eigenvalue weighted by Gasteiger charge is -2.21. The summed E-state index contributed by atoms with van der Waals surface area (Å²) in [5.41, 5.74) is 0.203. The van der Waals surface area contributed by atoms with Gasteiger partial charge in [0.2, 0.25) is 0 Å². The van der Waals surface area contributed by atoms with E-state index >= 15 is 0 Å². The van der Waals surface area contributed by atoms with Gasteiger partial charge < -0.3 is 5.32 Å². The van der Waals surface area contributed by atoms with Gasteiger partial charge in [0.25, 0.3) is 0 Å². The molecular formula is C14H11ClF3N3. The molecule has 0 spiro atoms. The van der Waals surface area contributed by atoms with Crippen LogP contribution < -0.4 is 5.32 Å². The zero-order chi connectivity index (χ0) is 15.0. The van der Waals surface area contributed by atoms with Crippen molar-refractivity contribution in [2.45, 2.75) is 19.1 Å². The van der Waals surface area contributed by atoms with E-state index in [1.54, 1.807) is 24.3 Å². The van der Waals surface area contributed by atoms with Crippen LogP contribution in [0.1, 0.15) is 17.0 Å². The molecule has 21 heavy (non-hydrogen) atoms. The average Bonchev–Trinajstić information content (AvgIpc) is 2.45. The van der Waals surface area contributed by atoms with Crippen LogP contribution >= 0.6 is 11.6 Å². The Hall–Kier alpha value is -1.66. The number of hydrogen-bond acceptors (Lipinski definition) is 3. The molecule has 1 aliphatic rings. The van der Waals surface area contributed by atoms with E-state index in [0.29, 0.717) is 29.2 Å². The second-order valence-corrected chi connectivity index (χ2v) is 5.19. The minimum Gasteiger partial charge on any atom is -0.312 e. The third kappa shape index (κ3) is 2.87. The Kier molecular flexibility index (Phi) is 3.59. The maximum atomic E-state index is 13.2. The van der Waals surface area contributed by atoms with E-state index in [-0.39, 0.29) is 17.9 Å². The van der Waals surface area contributed by atoms with Crippen LogP contribution in [0.4, 0.5) is 13.2 Å². The summed E-state index contributed by atoms with van der Waals surface area (Å²) in [6.07, 6.45) is -4.05. The third-order valence-electron chi connectivity index (χ3n) is 3.28. The number of rotatable bonds is 1. The highest BCUT2D eigenvalue weighted by Crippen LogP contribution is 2.34. The van der Waals surface area contributed by atoms with Crippen molar-refractivity contribution in [2.24, 2.45) is 0 Å². The van der Waals surface area contributed by atoms with E-state index in [1.165, 1.54) is 0 Å². The molecule has 0 aliphatic carbocycles. The van der Waals surface area contributed by atoms with Crippen LogP contribution in [0.25, 0.3) is 11.4 Å². The summed E-state index contributed by atoms with van der Waals surface area (Å²) >= 11 is 5.88. The molecule has 3 nitrogen and oxygen atoms in total. The van der Waals surface area contributed by atoms with Crippen molar-refractivity contribution >= 4 is 11.6 Å². The van der Waals surface area contributed by atoms with Gasteiger partial charge in [-0.05, 0) is 12.1 Å². The van der Waals surface area contributed by atoms with E-state index in [1.807, 2.05) is 0 Å². The van der Waals surface area contributed by atoms with E-state index in [9.17, 15) is 13.2 Å². The normalized spacial score (nSPS) is 14.9. The molecule has 0 radical (unpaired) electrons. The van der Waals surface area contributed by atoms with Crippen LogP contribution in [0.3, 0.4) is 0 Å². The van der Waals surface area contributed by atoms with Gasteiger partial charge in [0.1, 0.15) is 0 Å². The van der Waals surface area contributed by atoms with Crippen LogP contribution in [0.5, 0.6) is 0 Å². The first-order chi connectivity index (χ1) is 9.95. The number of halogens is 4. The number of aromatic nitrogens is 2. The quantitative estimate of drug-likeness (QED) is 0.876. The molecule has 7 heteroatoms. The number of nitrogens with one attached hydrogen (secondary N) is 1. The molecule has 1 aliphatic heterocycles. The number of hydrogen-bond donors (Lipinski definition) is 1. The van der Waals surface area contributed by atoms with Crippen LogP contribution in [0.15, 0.2) is 24.3 Å². The monoisotopic (exact) mass is 313 g/mol. The maximum Gasteiger partial charge on any atom is 0.433 e. The van der Waals surface area contributed by atoms with E-state index in [2.05, 4.69) is 15.3 Å². The van der Waals surface area contributed by atoms with Crippen LogP contribution in [0, 0.1) is 0 Å². The zero-order valence-corrected chi connectivity index (χ0v) is 11.6. The van der Waals surface area contributed by atoms with E-state index < -0.39 is 11.9 Å². The first kappa shape index (κ1) is 14.3. The summed E-state index contributed by atoms with van der Waals surface area (Å²) in [5, 5.41) is 3.35. The Morgan fingerprint density at radius 2 is 2.00 bits per heavy atom. The van der Waals surface area contributed by atoms with Crippen molar-refractivity contribution in [3.05, 3.63) is 46.2 Å². The lowest BCUT2D eigenvalue weighted by Crippen LogP contribution is -2.29. The fourth-order valence-corrected chi connectivity index (χ4v) is 2.52. The van der Waals surface area contributed by atoms with Gasteiger partial charge in [-0.15, -0.1) is 0 Å². The molecule has 0 unspecified atom stereocenters. The average molecular weight is 314 g/mol. The Morgan fingerprint density at radius 3 is 2.71 bits per heavy atom. The lowest BCUT2D eigenvalue weighted by atomic mass is 10.0. The van der Waals surface area contributed by atoms with Gasteiger partial charge in [0, 0.05) is 35.7 Å².